The van der Waals surface area contributed by atoms with Crippen LogP contribution in [0.15, 0.2) is 0 Å². The molecule has 0 spiro atoms. The van der Waals surface area contributed by atoms with E-state index in [0.29, 0.717) is 0 Å². The van der Waals surface area contributed by atoms with Crippen molar-refractivity contribution in [3.05, 3.63) is 0 Å². The molecule has 1 aliphatic heterocycles. The first kappa shape index (κ1) is 9.98. The van der Waals surface area contributed by atoms with Crippen LogP contribution in [0.3, 0.4) is 0 Å². The SMILES string of the molecule is CC(C)(C)C(C#N)CN1CC2CC2C1. The zero-order valence-electron chi connectivity index (χ0n) is 9.45. The molecule has 0 aromatic heterocycles. The van der Waals surface area contributed by atoms with Gasteiger partial charge in [0.25, 0.3) is 0 Å². The molecule has 3 unspecified atom stereocenters. The Labute approximate surface area is 86.9 Å². The van der Waals surface area contributed by atoms with Gasteiger partial charge in [-0.1, -0.05) is 20.8 Å². The number of piperidine rings is 1. The predicted octanol–water partition coefficient (Wildman–Crippen LogP) is 2.12. The van der Waals surface area contributed by atoms with Gasteiger partial charge in [-0.25, -0.2) is 0 Å². The summed E-state index contributed by atoms with van der Waals surface area (Å²) in [5.74, 6) is 2.14. The second-order valence-electron chi connectivity index (χ2n) is 6.02. The highest BCUT2D eigenvalue weighted by Crippen LogP contribution is 2.45. The number of nitriles is 1. The number of likely N-dealkylation sites (tertiary alicyclic amines) is 1. The molecule has 0 N–H and O–H groups in total. The van der Waals surface area contributed by atoms with Crippen molar-refractivity contribution in [1.82, 2.24) is 4.90 Å². The van der Waals surface area contributed by atoms with Crippen molar-refractivity contribution in [1.29, 1.82) is 5.26 Å². The maximum atomic E-state index is 9.12. The number of fused-ring (bicyclic) bond motifs is 1. The van der Waals surface area contributed by atoms with Gasteiger partial charge < -0.3 is 4.90 Å². The van der Waals surface area contributed by atoms with E-state index in [9.17, 15) is 0 Å². The molecule has 0 aromatic rings. The minimum absolute atomic E-state index is 0.127. The van der Waals surface area contributed by atoms with Crippen LogP contribution in [0.5, 0.6) is 0 Å². The van der Waals surface area contributed by atoms with E-state index in [1.54, 1.807) is 0 Å². The van der Waals surface area contributed by atoms with Crippen molar-refractivity contribution >= 4 is 0 Å². The van der Waals surface area contributed by atoms with E-state index in [0.717, 1.165) is 18.4 Å². The van der Waals surface area contributed by atoms with Gasteiger partial charge in [0, 0.05) is 19.6 Å². The molecule has 0 bridgehead atoms. The smallest absolute Gasteiger partial charge is 0.0674 e. The summed E-state index contributed by atoms with van der Waals surface area (Å²) in [4.78, 5) is 2.48. The molecule has 3 atom stereocenters. The summed E-state index contributed by atoms with van der Waals surface area (Å²) in [6, 6.07) is 2.46. The van der Waals surface area contributed by atoms with Crippen molar-refractivity contribution in [2.75, 3.05) is 19.6 Å². The lowest BCUT2D eigenvalue weighted by atomic mass is 9.81. The summed E-state index contributed by atoms with van der Waals surface area (Å²) in [6.45, 7) is 9.97. The maximum absolute atomic E-state index is 9.12. The van der Waals surface area contributed by atoms with Crippen molar-refractivity contribution in [2.45, 2.75) is 27.2 Å². The van der Waals surface area contributed by atoms with Crippen LogP contribution in [0.4, 0.5) is 0 Å². The van der Waals surface area contributed by atoms with Crippen LogP contribution in [0.1, 0.15) is 27.2 Å². The minimum atomic E-state index is 0.127. The lowest BCUT2D eigenvalue weighted by Gasteiger charge is -2.29. The Bertz CT molecular complexity index is 248. The fourth-order valence-corrected chi connectivity index (χ4v) is 2.41. The van der Waals surface area contributed by atoms with Crippen LogP contribution in [-0.2, 0) is 0 Å². The Hall–Kier alpha value is -0.550. The highest BCUT2D eigenvalue weighted by atomic mass is 15.2. The van der Waals surface area contributed by atoms with Crippen molar-refractivity contribution in [3.63, 3.8) is 0 Å². The first-order valence-corrected chi connectivity index (χ1v) is 5.62. The third kappa shape index (κ3) is 1.93. The monoisotopic (exact) mass is 192 g/mol. The summed E-state index contributed by atoms with van der Waals surface area (Å²) in [5.41, 5.74) is 0.127. The van der Waals surface area contributed by atoms with Crippen LogP contribution >= 0.6 is 0 Å². The van der Waals surface area contributed by atoms with Gasteiger partial charge in [0.15, 0.2) is 0 Å². The number of hydrogen-bond acceptors (Lipinski definition) is 2. The fourth-order valence-electron chi connectivity index (χ4n) is 2.41. The third-order valence-electron chi connectivity index (χ3n) is 3.70. The zero-order chi connectivity index (χ0) is 10.3. The summed E-state index contributed by atoms with van der Waals surface area (Å²) < 4.78 is 0. The minimum Gasteiger partial charge on any atom is -0.301 e. The maximum Gasteiger partial charge on any atom is 0.0674 e. The predicted molar refractivity (Wildman–Crippen MR) is 56.6 cm³/mol. The molecular formula is C12H20N2. The molecule has 2 fully saturated rings. The van der Waals surface area contributed by atoms with Gasteiger partial charge in [-0.15, -0.1) is 0 Å². The molecule has 0 radical (unpaired) electrons. The van der Waals surface area contributed by atoms with E-state index in [-0.39, 0.29) is 11.3 Å². The van der Waals surface area contributed by atoms with E-state index in [4.69, 9.17) is 5.26 Å². The molecule has 0 amide bonds. The quantitative estimate of drug-likeness (QED) is 0.670. The summed E-state index contributed by atoms with van der Waals surface area (Å²) >= 11 is 0. The topological polar surface area (TPSA) is 27.0 Å². The number of hydrogen-bond donors (Lipinski definition) is 0. The molecule has 2 heteroatoms. The Morgan fingerprint density at radius 2 is 1.93 bits per heavy atom. The van der Waals surface area contributed by atoms with Crippen LogP contribution in [0.25, 0.3) is 0 Å². The van der Waals surface area contributed by atoms with E-state index in [1.807, 2.05) is 0 Å². The fraction of sp³-hybridized carbons (Fsp3) is 0.917. The van der Waals surface area contributed by atoms with Crippen LogP contribution < -0.4 is 0 Å². The molecule has 78 valence electrons. The van der Waals surface area contributed by atoms with Gasteiger partial charge in [-0.05, 0) is 23.7 Å². The summed E-state index contributed by atoms with van der Waals surface area (Å²) in [5, 5.41) is 9.12. The molecule has 2 rings (SSSR count). The van der Waals surface area contributed by atoms with Gasteiger partial charge in [0.1, 0.15) is 0 Å². The van der Waals surface area contributed by atoms with E-state index >= 15 is 0 Å². The van der Waals surface area contributed by atoms with E-state index < -0.39 is 0 Å². The molecule has 1 heterocycles. The first-order valence-electron chi connectivity index (χ1n) is 5.62. The Balaban J connectivity index is 1.86. The van der Waals surface area contributed by atoms with Gasteiger partial charge in [-0.3, -0.25) is 0 Å². The molecule has 1 saturated carbocycles. The zero-order valence-corrected chi connectivity index (χ0v) is 9.45. The van der Waals surface area contributed by atoms with Crippen LogP contribution in [0.2, 0.25) is 0 Å². The standard InChI is InChI=1S/C12H20N2/c1-12(2,3)11(5-13)8-14-6-9-4-10(9)7-14/h9-11H,4,6-8H2,1-3H3. The van der Waals surface area contributed by atoms with Crippen molar-refractivity contribution in [3.8, 4) is 6.07 Å². The third-order valence-corrected chi connectivity index (χ3v) is 3.70. The Kier molecular flexibility index (Phi) is 2.31. The van der Waals surface area contributed by atoms with Crippen LogP contribution in [-0.4, -0.2) is 24.5 Å². The first-order chi connectivity index (χ1) is 6.50. The lowest BCUT2D eigenvalue weighted by molar-refractivity contribution is 0.198. The molecular weight excluding hydrogens is 172 g/mol. The lowest BCUT2D eigenvalue weighted by Crippen LogP contribution is -2.34. The number of nitrogens with zero attached hydrogens (tertiary/aromatic N) is 2. The van der Waals surface area contributed by atoms with Crippen molar-refractivity contribution < 1.29 is 0 Å². The summed E-state index contributed by atoms with van der Waals surface area (Å²) in [6.07, 6.45) is 1.45. The molecule has 0 aromatic carbocycles. The normalized spacial score (nSPS) is 33.6. The highest BCUT2D eigenvalue weighted by molar-refractivity contribution is 5.00. The molecule has 1 saturated heterocycles. The van der Waals surface area contributed by atoms with E-state index in [1.165, 1.54) is 19.5 Å². The molecule has 14 heavy (non-hydrogen) atoms. The van der Waals surface area contributed by atoms with Gasteiger partial charge >= 0.3 is 0 Å². The molecule has 2 aliphatic rings. The largest absolute Gasteiger partial charge is 0.301 e. The average molecular weight is 192 g/mol. The molecule has 1 aliphatic carbocycles. The summed E-state index contributed by atoms with van der Waals surface area (Å²) in [7, 11) is 0. The van der Waals surface area contributed by atoms with Crippen LogP contribution in [0, 0.1) is 34.5 Å². The van der Waals surface area contributed by atoms with Gasteiger partial charge in [0.05, 0.1) is 12.0 Å². The van der Waals surface area contributed by atoms with Crippen molar-refractivity contribution in [2.24, 2.45) is 23.2 Å². The molecule has 2 nitrogen and oxygen atoms in total. The highest BCUT2D eigenvalue weighted by Gasteiger charge is 2.45. The number of rotatable bonds is 2. The Morgan fingerprint density at radius 3 is 2.36 bits per heavy atom. The Morgan fingerprint density at radius 1 is 1.36 bits per heavy atom. The van der Waals surface area contributed by atoms with Gasteiger partial charge in [0.2, 0.25) is 0 Å². The van der Waals surface area contributed by atoms with E-state index in [2.05, 4.69) is 31.7 Å². The van der Waals surface area contributed by atoms with Gasteiger partial charge in [-0.2, -0.15) is 5.26 Å². The second-order valence-corrected chi connectivity index (χ2v) is 6.02. The average Bonchev–Trinajstić information content (AvgIpc) is 2.68. The second kappa shape index (κ2) is 3.24.